The maximum absolute atomic E-state index is 11.2. The first-order chi connectivity index (χ1) is 10.2. The largest absolute Gasteiger partial charge is 0.468 e. The monoisotopic (exact) mass is 303 g/mol. The number of carbonyl (C=O) groups excluding carboxylic acids is 1. The Morgan fingerprint density at radius 3 is 3.10 bits per heavy atom. The molecule has 2 aromatic heterocycles. The fraction of sp³-hybridized carbons (Fsp3) is 0.333. The normalized spacial score (nSPS) is 12.0. The summed E-state index contributed by atoms with van der Waals surface area (Å²) in [4.78, 5) is 11.2. The van der Waals surface area contributed by atoms with Gasteiger partial charge in [0.05, 0.1) is 18.2 Å². The molecule has 2 heterocycles. The first-order valence-corrected chi connectivity index (χ1v) is 7.72. The summed E-state index contributed by atoms with van der Waals surface area (Å²) in [6.45, 7) is 0. The number of thioether (sulfide) groups is 1. The van der Waals surface area contributed by atoms with Gasteiger partial charge in [0.25, 0.3) is 0 Å². The van der Waals surface area contributed by atoms with Crippen molar-refractivity contribution in [3.8, 4) is 6.07 Å². The second-order valence-corrected chi connectivity index (χ2v) is 5.71. The standard InChI is InChI=1S/C15H17N3O2S/c1-20-15(19)13(17)5-7-21-10-11-9-18-6-3-2-4-14(18)12(11)8-16/h2-4,6,9,13H,5,7,10,17H2,1H3. The van der Waals surface area contributed by atoms with E-state index in [1.54, 1.807) is 11.8 Å². The van der Waals surface area contributed by atoms with Gasteiger partial charge in [-0.3, -0.25) is 4.79 Å². The second kappa shape index (κ2) is 7.16. The van der Waals surface area contributed by atoms with Gasteiger partial charge < -0.3 is 14.9 Å². The zero-order valence-electron chi connectivity index (χ0n) is 11.8. The lowest BCUT2D eigenvalue weighted by atomic mass is 10.2. The number of hydrogen-bond donors (Lipinski definition) is 1. The van der Waals surface area contributed by atoms with Crippen molar-refractivity contribution in [2.45, 2.75) is 18.2 Å². The van der Waals surface area contributed by atoms with Gasteiger partial charge in [-0.2, -0.15) is 17.0 Å². The van der Waals surface area contributed by atoms with E-state index in [2.05, 4.69) is 10.8 Å². The first kappa shape index (κ1) is 15.4. The summed E-state index contributed by atoms with van der Waals surface area (Å²) >= 11 is 1.66. The van der Waals surface area contributed by atoms with Crippen molar-refractivity contribution < 1.29 is 9.53 Å². The maximum atomic E-state index is 11.2. The number of esters is 1. The minimum atomic E-state index is -0.578. The third kappa shape index (κ3) is 3.57. The zero-order chi connectivity index (χ0) is 15.2. The molecular weight excluding hydrogens is 286 g/mol. The SMILES string of the molecule is COC(=O)C(N)CCSCc1cn2ccccc2c1C#N. The van der Waals surface area contributed by atoms with Crippen LogP contribution in [0.4, 0.5) is 0 Å². The van der Waals surface area contributed by atoms with Gasteiger partial charge in [-0.05, 0) is 29.9 Å². The Balaban J connectivity index is 1.95. The van der Waals surface area contributed by atoms with Crippen LogP contribution in [-0.2, 0) is 15.3 Å². The molecule has 21 heavy (non-hydrogen) atoms. The molecule has 6 heteroatoms. The Bertz CT molecular complexity index is 675. The van der Waals surface area contributed by atoms with Crippen molar-refractivity contribution >= 4 is 23.2 Å². The number of rotatable bonds is 6. The molecule has 0 bridgehead atoms. The molecule has 2 N–H and O–H groups in total. The lowest BCUT2D eigenvalue weighted by Crippen LogP contribution is -2.31. The first-order valence-electron chi connectivity index (χ1n) is 6.57. The summed E-state index contributed by atoms with van der Waals surface area (Å²) in [5.41, 5.74) is 8.31. The van der Waals surface area contributed by atoms with Gasteiger partial charge in [0, 0.05) is 18.1 Å². The number of ether oxygens (including phenoxy) is 1. The molecule has 0 aliphatic carbocycles. The molecule has 0 radical (unpaired) electrons. The van der Waals surface area contributed by atoms with E-state index < -0.39 is 6.04 Å². The van der Waals surface area contributed by atoms with Crippen LogP contribution in [0.2, 0.25) is 0 Å². The fourth-order valence-corrected chi connectivity index (χ4v) is 3.08. The highest BCUT2D eigenvalue weighted by molar-refractivity contribution is 7.98. The molecule has 0 amide bonds. The summed E-state index contributed by atoms with van der Waals surface area (Å²) in [5.74, 6) is 1.08. The molecule has 2 rings (SSSR count). The lowest BCUT2D eigenvalue weighted by Gasteiger charge is -2.08. The van der Waals surface area contributed by atoms with Crippen LogP contribution in [0.5, 0.6) is 0 Å². The summed E-state index contributed by atoms with van der Waals surface area (Å²) in [6, 6.07) is 7.47. The van der Waals surface area contributed by atoms with Crippen LogP contribution in [0, 0.1) is 11.3 Å². The molecule has 0 aromatic carbocycles. The van der Waals surface area contributed by atoms with Crippen LogP contribution in [0.3, 0.4) is 0 Å². The summed E-state index contributed by atoms with van der Waals surface area (Å²) in [6.07, 6.45) is 4.46. The van der Waals surface area contributed by atoms with Crippen molar-refractivity contribution in [3.05, 3.63) is 41.7 Å². The van der Waals surface area contributed by atoms with Gasteiger partial charge in [0.1, 0.15) is 12.1 Å². The molecule has 0 fully saturated rings. The molecule has 2 aromatic rings. The van der Waals surface area contributed by atoms with Crippen LogP contribution in [0.1, 0.15) is 17.5 Å². The molecule has 0 aliphatic heterocycles. The fourth-order valence-electron chi connectivity index (χ4n) is 2.08. The van der Waals surface area contributed by atoms with E-state index in [1.165, 1.54) is 7.11 Å². The van der Waals surface area contributed by atoms with E-state index in [0.29, 0.717) is 12.0 Å². The van der Waals surface area contributed by atoms with Crippen molar-refractivity contribution in [2.24, 2.45) is 5.73 Å². The van der Waals surface area contributed by atoms with Gasteiger partial charge in [0.15, 0.2) is 0 Å². The zero-order valence-corrected chi connectivity index (χ0v) is 12.6. The average Bonchev–Trinajstić information content (AvgIpc) is 2.87. The minimum Gasteiger partial charge on any atom is -0.468 e. The molecule has 0 saturated heterocycles. The van der Waals surface area contributed by atoms with Crippen LogP contribution >= 0.6 is 11.8 Å². The third-order valence-electron chi connectivity index (χ3n) is 3.21. The molecule has 0 saturated carbocycles. The number of pyridine rings is 1. The Morgan fingerprint density at radius 1 is 1.57 bits per heavy atom. The Hall–Kier alpha value is -1.97. The van der Waals surface area contributed by atoms with Crippen LogP contribution in [0.15, 0.2) is 30.6 Å². The summed E-state index contributed by atoms with van der Waals surface area (Å²) in [7, 11) is 1.33. The Labute approximate surface area is 127 Å². The predicted molar refractivity (Wildman–Crippen MR) is 82.9 cm³/mol. The number of fused-ring (bicyclic) bond motifs is 1. The van der Waals surface area contributed by atoms with E-state index >= 15 is 0 Å². The number of nitrogens with two attached hydrogens (primary N) is 1. The minimum absolute atomic E-state index is 0.386. The van der Waals surface area contributed by atoms with Crippen LogP contribution in [-0.4, -0.2) is 29.3 Å². The number of nitrogens with zero attached hydrogens (tertiary/aromatic N) is 2. The van der Waals surface area contributed by atoms with Gasteiger partial charge >= 0.3 is 5.97 Å². The van der Waals surface area contributed by atoms with E-state index in [1.807, 2.05) is 35.0 Å². The summed E-state index contributed by atoms with van der Waals surface area (Å²) in [5, 5.41) is 9.30. The highest BCUT2D eigenvalue weighted by Gasteiger charge is 2.14. The predicted octanol–water partition coefficient (Wildman–Crippen LogP) is 1.93. The number of aromatic nitrogens is 1. The van der Waals surface area contributed by atoms with Gasteiger partial charge in [0.2, 0.25) is 0 Å². The van der Waals surface area contributed by atoms with E-state index in [4.69, 9.17) is 5.73 Å². The van der Waals surface area contributed by atoms with Crippen LogP contribution < -0.4 is 5.73 Å². The molecular formula is C15H17N3O2S. The van der Waals surface area contributed by atoms with E-state index in [0.717, 1.165) is 22.6 Å². The second-order valence-electron chi connectivity index (χ2n) is 4.61. The van der Waals surface area contributed by atoms with Crippen molar-refractivity contribution in [1.82, 2.24) is 4.40 Å². The van der Waals surface area contributed by atoms with E-state index in [9.17, 15) is 10.1 Å². The third-order valence-corrected chi connectivity index (χ3v) is 4.25. The van der Waals surface area contributed by atoms with Gasteiger partial charge in [-0.15, -0.1) is 0 Å². The summed E-state index contributed by atoms with van der Waals surface area (Å²) < 4.78 is 6.54. The smallest absolute Gasteiger partial charge is 0.322 e. The topological polar surface area (TPSA) is 80.5 Å². The molecule has 1 unspecified atom stereocenters. The number of nitriles is 1. The van der Waals surface area contributed by atoms with Gasteiger partial charge in [-0.1, -0.05) is 6.07 Å². The lowest BCUT2D eigenvalue weighted by molar-refractivity contribution is -0.142. The van der Waals surface area contributed by atoms with Crippen molar-refractivity contribution in [1.29, 1.82) is 5.26 Å². The molecule has 1 atom stereocenters. The number of carbonyl (C=O) groups is 1. The van der Waals surface area contributed by atoms with Gasteiger partial charge in [-0.25, -0.2) is 0 Å². The molecule has 0 spiro atoms. The molecule has 0 aliphatic rings. The molecule has 5 nitrogen and oxygen atoms in total. The van der Waals surface area contributed by atoms with E-state index in [-0.39, 0.29) is 5.97 Å². The average molecular weight is 303 g/mol. The number of hydrogen-bond acceptors (Lipinski definition) is 5. The molecule has 110 valence electrons. The van der Waals surface area contributed by atoms with Crippen molar-refractivity contribution in [3.63, 3.8) is 0 Å². The number of methoxy groups -OCH3 is 1. The Kier molecular flexibility index (Phi) is 5.26. The van der Waals surface area contributed by atoms with Crippen molar-refractivity contribution in [2.75, 3.05) is 12.9 Å². The highest BCUT2D eigenvalue weighted by Crippen LogP contribution is 2.22. The van der Waals surface area contributed by atoms with Crippen LogP contribution in [0.25, 0.3) is 5.52 Å². The maximum Gasteiger partial charge on any atom is 0.322 e. The quantitative estimate of drug-likeness (QED) is 0.651. The Morgan fingerprint density at radius 2 is 2.38 bits per heavy atom. The highest BCUT2D eigenvalue weighted by atomic mass is 32.2.